The van der Waals surface area contributed by atoms with E-state index >= 15 is 0 Å². The van der Waals surface area contributed by atoms with Crippen molar-refractivity contribution < 1.29 is 33.4 Å². The van der Waals surface area contributed by atoms with Crippen molar-refractivity contribution in [3.63, 3.8) is 0 Å². The maximum Gasteiger partial charge on any atom is 0.327 e. The molecule has 1 spiro atoms. The molecule has 0 bridgehead atoms. The molecule has 1 saturated carbocycles. The first-order valence-electron chi connectivity index (χ1n) is 12.0. The van der Waals surface area contributed by atoms with Gasteiger partial charge >= 0.3 is 12.0 Å². The van der Waals surface area contributed by atoms with E-state index in [1.54, 1.807) is 18.2 Å². The van der Waals surface area contributed by atoms with Crippen molar-refractivity contribution in [1.82, 2.24) is 10.2 Å². The molecule has 4 rings (SSSR count). The van der Waals surface area contributed by atoms with Crippen molar-refractivity contribution >= 4 is 29.5 Å². The Bertz CT molecular complexity index is 1020. The molecule has 1 saturated heterocycles. The third-order valence-corrected chi connectivity index (χ3v) is 7.08. The molecule has 4 amide bonds. The summed E-state index contributed by atoms with van der Waals surface area (Å²) in [5.41, 5.74) is -0.364. The fourth-order valence-electron chi connectivity index (χ4n) is 4.92. The number of fused-ring (bicyclic) bond motifs is 1. The second-order valence-electron chi connectivity index (χ2n) is 10.5. The van der Waals surface area contributed by atoms with Crippen molar-refractivity contribution in [2.75, 3.05) is 25.1 Å². The first-order valence-corrected chi connectivity index (χ1v) is 12.0. The quantitative estimate of drug-likeness (QED) is 0.484. The molecule has 1 atom stereocenters. The normalized spacial score (nSPS) is 24.7. The van der Waals surface area contributed by atoms with Crippen LogP contribution in [-0.2, 0) is 19.1 Å². The summed E-state index contributed by atoms with van der Waals surface area (Å²) in [7, 11) is 0. The van der Waals surface area contributed by atoms with Gasteiger partial charge in [-0.15, -0.1) is 0 Å². The Labute approximate surface area is 204 Å². The number of nitrogens with zero attached hydrogens (tertiary/aromatic N) is 1. The molecule has 1 aliphatic carbocycles. The van der Waals surface area contributed by atoms with Gasteiger partial charge in [-0.2, -0.15) is 0 Å². The van der Waals surface area contributed by atoms with Gasteiger partial charge in [0.1, 0.15) is 25.3 Å². The van der Waals surface area contributed by atoms with E-state index in [-0.39, 0.29) is 5.41 Å². The number of carbonyl (C=O) groups excluding carboxylic acids is 4. The number of carbonyl (C=O) groups is 4. The van der Waals surface area contributed by atoms with Gasteiger partial charge in [-0.1, -0.05) is 20.8 Å². The smallest absolute Gasteiger partial charge is 0.327 e. The average molecular weight is 488 g/mol. The lowest BCUT2D eigenvalue weighted by Gasteiger charge is -2.40. The highest BCUT2D eigenvalue weighted by Gasteiger charge is 2.53. The first-order chi connectivity index (χ1) is 16.5. The summed E-state index contributed by atoms with van der Waals surface area (Å²) in [6, 6.07) is 4.36. The van der Waals surface area contributed by atoms with Gasteiger partial charge in [0.25, 0.3) is 11.8 Å². The van der Waals surface area contributed by atoms with E-state index in [9.17, 15) is 19.2 Å². The second kappa shape index (κ2) is 9.39. The fraction of sp³-hybridized carbons (Fsp3) is 0.600. The number of esters is 1. The molecule has 10 heteroatoms. The van der Waals surface area contributed by atoms with Crippen LogP contribution in [-0.4, -0.2) is 60.1 Å². The van der Waals surface area contributed by atoms with Gasteiger partial charge in [0, 0.05) is 11.8 Å². The van der Waals surface area contributed by atoms with Gasteiger partial charge in [-0.05, 0) is 56.1 Å². The summed E-state index contributed by atoms with van der Waals surface area (Å²) >= 11 is 0. The highest BCUT2D eigenvalue weighted by molar-refractivity contribution is 6.09. The third kappa shape index (κ3) is 5.21. The molecule has 0 aromatic heterocycles. The van der Waals surface area contributed by atoms with Crippen LogP contribution in [0.2, 0.25) is 0 Å². The Morgan fingerprint density at radius 3 is 2.49 bits per heavy atom. The number of amides is 4. The van der Waals surface area contributed by atoms with Crippen LogP contribution in [0.25, 0.3) is 0 Å². The lowest BCUT2D eigenvalue weighted by atomic mass is 9.67. The van der Waals surface area contributed by atoms with E-state index in [1.165, 1.54) is 6.92 Å². The van der Waals surface area contributed by atoms with Crippen LogP contribution >= 0.6 is 0 Å². The highest BCUT2D eigenvalue weighted by Crippen LogP contribution is 2.43. The third-order valence-electron chi connectivity index (χ3n) is 7.08. The monoisotopic (exact) mass is 487 g/mol. The molecule has 1 aromatic carbocycles. The van der Waals surface area contributed by atoms with E-state index in [0.29, 0.717) is 49.2 Å². The van der Waals surface area contributed by atoms with Gasteiger partial charge in [0.05, 0.1) is 0 Å². The maximum absolute atomic E-state index is 13.1. The fourth-order valence-corrected chi connectivity index (χ4v) is 4.92. The number of hydrogen-bond acceptors (Lipinski definition) is 7. The maximum atomic E-state index is 13.1. The lowest BCUT2D eigenvalue weighted by Crippen LogP contribution is -2.50. The SMILES string of the molecule is CC(OC(=O)CN1C(=O)NC2(CCC(C(C)(C)C)CC2)C1=O)C(=O)Nc1ccc2c(c1)OCCO2. The van der Waals surface area contributed by atoms with Crippen molar-refractivity contribution in [3.05, 3.63) is 18.2 Å². The number of hydrogen-bond donors (Lipinski definition) is 2. The average Bonchev–Trinajstić information content (AvgIpc) is 3.02. The summed E-state index contributed by atoms with van der Waals surface area (Å²) < 4.78 is 16.2. The van der Waals surface area contributed by atoms with Crippen LogP contribution in [0.4, 0.5) is 10.5 Å². The summed E-state index contributed by atoms with van der Waals surface area (Å²) in [5, 5.41) is 5.47. The van der Waals surface area contributed by atoms with Crippen LogP contribution in [0.15, 0.2) is 18.2 Å². The Kier molecular flexibility index (Phi) is 6.66. The van der Waals surface area contributed by atoms with Crippen LogP contribution in [0.5, 0.6) is 11.5 Å². The molecule has 2 fully saturated rings. The second-order valence-corrected chi connectivity index (χ2v) is 10.5. The first kappa shape index (κ1) is 24.8. The summed E-state index contributed by atoms with van der Waals surface area (Å²) in [6.07, 6.45) is 1.60. The zero-order chi connectivity index (χ0) is 25.4. The zero-order valence-corrected chi connectivity index (χ0v) is 20.6. The number of imide groups is 1. The van der Waals surface area contributed by atoms with Gasteiger partial charge in [-0.25, -0.2) is 4.79 Å². The number of urea groups is 1. The molecule has 3 aliphatic rings. The molecule has 190 valence electrons. The standard InChI is InChI=1S/C25H33N3O7/c1-15(21(30)26-17-5-6-18-19(13-17)34-12-11-33-18)35-20(29)14-28-22(31)25(27-23(28)32)9-7-16(8-10-25)24(2,3)4/h5-6,13,15-16H,7-12,14H2,1-4H3,(H,26,30)(H,27,32). The Hall–Kier alpha value is -3.30. The van der Waals surface area contributed by atoms with Gasteiger partial charge in [0.15, 0.2) is 17.6 Å². The van der Waals surface area contributed by atoms with Crippen LogP contribution in [0.3, 0.4) is 0 Å². The van der Waals surface area contributed by atoms with Crippen molar-refractivity contribution in [3.8, 4) is 11.5 Å². The highest BCUT2D eigenvalue weighted by atomic mass is 16.6. The largest absolute Gasteiger partial charge is 0.486 e. The number of ether oxygens (including phenoxy) is 3. The van der Waals surface area contributed by atoms with Gasteiger partial charge in [-0.3, -0.25) is 19.3 Å². The molecule has 35 heavy (non-hydrogen) atoms. The van der Waals surface area contributed by atoms with E-state index in [0.717, 1.165) is 17.7 Å². The van der Waals surface area contributed by atoms with Crippen LogP contribution in [0, 0.1) is 11.3 Å². The van der Waals surface area contributed by atoms with Crippen LogP contribution in [0.1, 0.15) is 53.4 Å². The molecule has 0 radical (unpaired) electrons. The number of rotatable bonds is 5. The Balaban J connectivity index is 1.30. The predicted molar refractivity (Wildman–Crippen MR) is 126 cm³/mol. The van der Waals surface area contributed by atoms with Crippen molar-refractivity contribution in [2.24, 2.45) is 11.3 Å². The van der Waals surface area contributed by atoms with E-state index in [1.807, 2.05) is 0 Å². The Morgan fingerprint density at radius 2 is 1.83 bits per heavy atom. The van der Waals surface area contributed by atoms with E-state index < -0.39 is 42.0 Å². The molecular formula is C25H33N3O7. The molecule has 2 heterocycles. The molecular weight excluding hydrogens is 454 g/mol. The molecule has 1 aromatic rings. The molecule has 1 unspecified atom stereocenters. The minimum atomic E-state index is -1.13. The zero-order valence-electron chi connectivity index (χ0n) is 20.6. The lowest BCUT2D eigenvalue weighted by molar-refractivity contribution is -0.155. The van der Waals surface area contributed by atoms with E-state index in [4.69, 9.17) is 14.2 Å². The molecule has 10 nitrogen and oxygen atoms in total. The Morgan fingerprint density at radius 1 is 1.17 bits per heavy atom. The number of nitrogens with one attached hydrogen (secondary N) is 2. The number of anilines is 1. The summed E-state index contributed by atoms with van der Waals surface area (Å²) in [6.45, 7) is 8.29. The van der Waals surface area contributed by atoms with Gasteiger partial charge < -0.3 is 24.8 Å². The molecule has 2 aliphatic heterocycles. The summed E-state index contributed by atoms with van der Waals surface area (Å²) in [4.78, 5) is 51.5. The van der Waals surface area contributed by atoms with Crippen molar-refractivity contribution in [1.29, 1.82) is 0 Å². The predicted octanol–water partition coefficient (Wildman–Crippen LogP) is 2.85. The minimum absolute atomic E-state index is 0.132. The topological polar surface area (TPSA) is 123 Å². The number of benzene rings is 1. The molecule has 2 N–H and O–H groups in total. The van der Waals surface area contributed by atoms with Crippen LogP contribution < -0.4 is 20.1 Å². The van der Waals surface area contributed by atoms with E-state index in [2.05, 4.69) is 31.4 Å². The summed E-state index contributed by atoms with van der Waals surface area (Å²) in [5.74, 6) is -0.219. The minimum Gasteiger partial charge on any atom is -0.486 e. The van der Waals surface area contributed by atoms with Gasteiger partial charge in [0.2, 0.25) is 0 Å². The van der Waals surface area contributed by atoms with Crippen molar-refractivity contribution in [2.45, 2.75) is 65.0 Å².